The molecule has 2 rings (SSSR count). The van der Waals surface area contributed by atoms with Crippen molar-refractivity contribution in [3.8, 4) is 0 Å². The maximum Gasteiger partial charge on any atom is 0.190 e. The molecule has 0 fully saturated rings. The minimum atomic E-state index is 0. The fraction of sp³-hybridized carbons (Fsp3) is 0.550. The van der Waals surface area contributed by atoms with Crippen molar-refractivity contribution in [2.75, 3.05) is 33.4 Å². The average Bonchev–Trinajstić information content (AvgIpc) is 2.91. The van der Waals surface area contributed by atoms with Crippen LogP contribution in [0.2, 0.25) is 0 Å². The summed E-state index contributed by atoms with van der Waals surface area (Å²) in [6.45, 7) is 9.81. The Hall–Kier alpha value is -1.28. The highest BCUT2D eigenvalue weighted by Crippen LogP contribution is 2.21. The Balaban J connectivity index is 0.00000338. The van der Waals surface area contributed by atoms with Crippen LogP contribution in [0.5, 0.6) is 0 Å². The molecule has 26 heavy (non-hydrogen) atoms. The van der Waals surface area contributed by atoms with Gasteiger partial charge in [-0.05, 0) is 37.3 Å². The van der Waals surface area contributed by atoms with E-state index in [0.29, 0.717) is 5.92 Å². The SMILES string of the molecule is CN=C(NCCCOCC(C)C)NCCc1c(C)[nH]c2ccccc12.I. The number of hydrogen-bond donors (Lipinski definition) is 3. The van der Waals surface area contributed by atoms with Crippen molar-refractivity contribution in [1.29, 1.82) is 0 Å². The van der Waals surface area contributed by atoms with E-state index < -0.39 is 0 Å². The van der Waals surface area contributed by atoms with Gasteiger partial charge in [0.1, 0.15) is 0 Å². The van der Waals surface area contributed by atoms with E-state index in [-0.39, 0.29) is 24.0 Å². The standard InChI is InChI=1S/C20H32N4O.HI/c1-15(2)14-25-13-7-11-22-20(21-4)23-12-10-17-16(3)24-19-9-6-5-8-18(17)19;/h5-6,8-9,15,24H,7,10-14H2,1-4H3,(H2,21,22,23);1H. The van der Waals surface area contributed by atoms with Crippen LogP contribution in [0.1, 0.15) is 31.5 Å². The zero-order chi connectivity index (χ0) is 18.1. The molecule has 0 bridgehead atoms. The Bertz CT molecular complexity index is 682. The van der Waals surface area contributed by atoms with Crippen LogP contribution >= 0.6 is 24.0 Å². The van der Waals surface area contributed by atoms with Gasteiger partial charge in [-0.1, -0.05) is 32.0 Å². The van der Waals surface area contributed by atoms with Crippen LogP contribution in [0.3, 0.4) is 0 Å². The van der Waals surface area contributed by atoms with Crippen molar-refractivity contribution in [2.24, 2.45) is 10.9 Å². The molecule has 1 aromatic heterocycles. The first kappa shape index (κ1) is 22.8. The summed E-state index contributed by atoms with van der Waals surface area (Å²) in [4.78, 5) is 7.74. The first-order chi connectivity index (χ1) is 12.1. The number of para-hydroxylation sites is 1. The summed E-state index contributed by atoms with van der Waals surface area (Å²) in [5.74, 6) is 1.44. The van der Waals surface area contributed by atoms with E-state index in [2.05, 4.69) is 65.6 Å². The van der Waals surface area contributed by atoms with Gasteiger partial charge in [-0.2, -0.15) is 0 Å². The summed E-state index contributed by atoms with van der Waals surface area (Å²) in [6.07, 6.45) is 1.95. The third kappa shape index (κ3) is 7.15. The first-order valence-corrected chi connectivity index (χ1v) is 9.20. The van der Waals surface area contributed by atoms with E-state index in [1.54, 1.807) is 0 Å². The molecule has 0 aliphatic rings. The van der Waals surface area contributed by atoms with Gasteiger partial charge in [-0.25, -0.2) is 0 Å². The highest BCUT2D eigenvalue weighted by molar-refractivity contribution is 14.0. The maximum atomic E-state index is 5.59. The minimum Gasteiger partial charge on any atom is -0.381 e. The number of aromatic nitrogens is 1. The highest BCUT2D eigenvalue weighted by Gasteiger charge is 2.07. The van der Waals surface area contributed by atoms with E-state index in [9.17, 15) is 0 Å². The largest absolute Gasteiger partial charge is 0.381 e. The monoisotopic (exact) mass is 472 g/mol. The molecule has 3 N–H and O–H groups in total. The summed E-state index contributed by atoms with van der Waals surface area (Å²) >= 11 is 0. The summed E-state index contributed by atoms with van der Waals surface area (Å²) < 4.78 is 5.59. The van der Waals surface area contributed by atoms with Crippen LogP contribution < -0.4 is 10.6 Å². The lowest BCUT2D eigenvalue weighted by Gasteiger charge is -2.12. The van der Waals surface area contributed by atoms with E-state index in [0.717, 1.165) is 45.1 Å². The number of H-pyrrole nitrogens is 1. The fourth-order valence-electron chi connectivity index (χ4n) is 2.88. The number of nitrogens with one attached hydrogen (secondary N) is 3. The van der Waals surface area contributed by atoms with Crippen LogP contribution in [0.4, 0.5) is 0 Å². The lowest BCUT2D eigenvalue weighted by atomic mass is 10.1. The van der Waals surface area contributed by atoms with Gasteiger partial charge in [0.25, 0.3) is 0 Å². The molecule has 0 radical (unpaired) electrons. The van der Waals surface area contributed by atoms with Gasteiger partial charge in [0.15, 0.2) is 5.96 Å². The number of guanidine groups is 1. The number of hydrogen-bond acceptors (Lipinski definition) is 2. The normalized spacial score (nSPS) is 11.7. The molecule has 0 spiro atoms. The third-order valence-electron chi connectivity index (χ3n) is 4.13. The van der Waals surface area contributed by atoms with Gasteiger partial charge >= 0.3 is 0 Å². The Kier molecular flexibility index (Phi) is 10.7. The van der Waals surface area contributed by atoms with Crippen molar-refractivity contribution in [1.82, 2.24) is 15.6 Å². The Morgan fingerprint density at radius 3 is 2.65 bits per heavy atom. The van der Waals surface area contributed by atoms with Crippen molar-refractivity contribution in [2.45, 2.75) is 33.6 Å². The number of aromatic amines is 1. The molecule has 0 saturated heterocycles. The fourth-order valence-corrected chi connectivity index (χ4v) is 2.88. The molecule has 6 heteroatoms. The molecule has 2 aromatic rings. The maximum absolute atomic E-state index is 5.59. The number of ether oxygens (including phenoxy) is 1. The van der Waals surface area contributed by atoms with Gasteiger partial charge in [0, 0.05) is 49.9 Å². The second kappa shape index (κ2) is 12.2. The molecular formula is C20H33IN4O. The lowest BCUT2D eigenvalue weighted by molar-refractivity contribution is 0.108. The molecule has 0 atom stereocenters. The van der Waals surface area contributed by atoms with Crippen molar-refractivity contribution >= 4 is 40.8 Å². The van der Waals surface area contributed by atoms with Crippen molar-refractivity contribution in [3.63, 3.8) is 0 Å². The number of fused-ring (bicyclic) bond motifs is 1. The van der Waals surface area contributed by atoms with Gasteiger partial charge in [0.2, 0.25) is 0 Å². The second-order valence-electron chi connectivity index (χ2n) is 6.77. The Morgan fingerprint density at radius 1 is 1.19 bits per heavy atom. The zero-order valence-corrected chi connectivity index (χ0v) is 18.7. The summed E-state index contributed by atoms with van der Waals surface area (Å²) in [6, 6.07) is 8.46. The second-order valence-corrected chi connectivity index (χ2v) is 6.77. The topological polar surface area (TPSA) is 61.4 Å². The Labute approximate surface area is 174 Å². The van der Waals surface area contributed by atoms with Crippen LogP contribution in [0.25, 0.3) is 10.9 Å². The molecule has 0 amide bonds. The van der Waals surface area contributed by atoms with Crippen LogP contribution in [0.15, 0.2) is 29.3 Å². The summed E-state index contributed by atoms with van der Waals surface area (Å²) in [5, 5.41) is 8.05. The van der Waals surface area contributed by atoms with E-state index >= 15 is 0 Å². The van der Waals surface area contributed by atoms with Gasteiger partial charge in [-0.15, -0.1) is 24.0 Å². The van der Waals surface area contributed by atoms with E-state index in [1.807, 2.05) is 7.05 Å². The van der Waals surface area contributed by atoms with Crippen LogP contribution in [0, 0.1) is 12.8 Å². The predicted molar refractivity (Wildman–Crippen MR) is 122 cm³/mol. The minimum absolute atomic E-state index is 0. The number of aryl methyl sites for hydroxylation is 1. The number of aliphatic imine (C=N–C) groups is 1. The number of benzene rings is 1. The van der Waals surface area contributed by atoms with Gasteiger partial charge in [0.05, 0.1) is 0 Å². The lowest BCUT2D eigenvalue weighted by Crippen LogP contribution is -2.39. The van der Waals surface area contributed by atoms with Gasteiger partial charge < -0.3 is 20.4 Å². The quantitative estimate of drug-likeness (QED) is 0.225. The molecule has 146 valence electrons. The molecule has 0 unspecified atom stereocenters. The molecule has 0 aliphatic heterocycles. The van der Waals surface area contributed by atoms with Crippen molar-refractivity contribution in [3.05, 3.63) is 35.5 Å². The smallest absolute Gasteiger partial charge is 0.190 e. The third-order valence-corrected chi connectivity index (χ3v) is 4.13. The molecular weight excluding hydrogens is 439 g/mol. The molecule has 1 aromatic carbocycles. The number of rotatable bonds is 9. The average molecular weight is 472 g/mol. The highest BCUT2D eigenvalue weighted by atomic mass is 127. The zero-order valence-electron chi connectivity index (χ0n) is 16.4. The number of halogens is 1. The summed E-state index contributed by atoms with van der Waals surface area (Å²) in [5.41, 5.74) is 3.83. The van der Waals surface area contributed by atoms with E-state index in [4.69, 9.17) is 4.74 Å². The van der Waals surface area contributed by atoms with E-state index in [1.165, 1.54) is 22.2 Å². The predicted octanol–water partition coefficient (Wildman–Crippen LogP) is 3.86. The van der Waals surface area contributed by atoms with Crippen molar-refractivity contribution < 1.29 is 4.74 Å². The Morgan fingerprint density at radius 2 is 1.92 bits per heavy atom. The molecule has 0 aliphatic carbocycles. The number of nitrogens with zero attached hydrogens (tertiary/aromatic N) is 1. The van der Waals surface area contributed by atoms with Gasteiger partial charge in [-0.3, -0.25) is 4.99 Å². The molecule has 0 saturated carbocycles. The van der Waals surface area contributed by atoms with Crippen LogP contribution in [-0.4, -0.2) is 44.3 Å². The molecule has 5 nitrogen and oxygen atoms in total. The van der Waals surface area contributed by atoms with Crippen LogP contribution in [-0.2, 0) is 11.2 Å². The molecule has 1 heterocycles. The first-order valence-electron chi connectivity index (χ1n) is 9.20. The summed E-state index contributed by atoms with van der Waals surface area (Å²) in [7, 11) is 1.81.